The summed E-state index contributed by atoms with van der Waals surface area (Å²) in [4.78, 5) is 30.1. The number of carbonyl (C=O) groups excluding carboxylic acids is 2. The van der Waals surface area contributed by atoms with Crippen LogP contribution in [0.4, 0.5) is 26.7 Å². The highest BCUT2D eigenvalue weighted by Gasteiger charge is 2.55. The SMILES string of the molecule is Cc1ccc(S(=O)(=O)N2C(=O)/C(=C/c3cnn4cc([C@@H](NC(=O)OC(C)(C)C)C5CCC(F)(F)CC5)nc4c3)C[C@H]2C(F)(F)F)cc1. The van der Waals surface area contributed by atoms with Gasteiger partial charge in [-0.1, -0.05) is 17.7 Å². The molecule has 1 N–H and O–H groups in total. The summed E-state index contributed by atoms with van der Waals surface area (Å²) < 4.78 is 103. The van der Waals surface area contributed by atoms with E-state index < -0.39 is 74.6 Å². The average molecular weight is 684 g/mol. The maximum Gasteiger partial charge on any atom is 0.410 e. The van der Waals surface area contributed by atoms with Crippen LogP contribution in [0.3, 0.4) is 0 Å². The Labute approximate surface area is 268 Å². The number of hydrogen-bond acceptors (Lipinski definition) is 7. The van der Waals surface area contributed by atoms with E-state index in [9.17, 15) is 40.0 Å². The Morgan fingerprint density at radius 2 is 1.77 bits per heavy atom. The minimum atomic E-state index is -5.04. The second-order valence-corrected chi connectivity index (χ2v) is 14.7. The van der Waals surface area contributed by atoms with Gasteiger partial charge in [0.15, 0.2) is 5.65 Å². The Morgan fingerprint density at radius 1 is 1.13 bits per heavy atom. The van der Waals surface area contributed by atoms with Gasteiger partial charge in [0.25, 0.3) is 15.9 Å². The summed E-state index contributed by atoms with van der Waals surface area (Å²) in [5.41, 5.74) is 0.119. The zero-order chi connectivity index (χ0) is 34.5. The van der Waals surface area contributed by atoms with Gasteiger partial charge in [-0.15, -0.1) is 0 Å². The molecular weight excluding hydrogens is 649 g/mol. The number of benzene rings is 1. The van der Waals surface area contributed by atoms with Crippen LogP contribution in [0.15, 0.2) is 53.2 Å². The zero-order valence-electron chi connectivity index (χ0n) is 26.0. The second kappa shape index (κ2) is 12.2. The molecule has 254 valence electrons. The van der Waals surface area contributed by atoms with Crippen molar-refractivity contribution in [1.29, 1.82) is 0 Å². The van der Waals surface area contributed by atoms with Crippen molar-refractivity contribution < 1.29 is 44.7 Å². The molecule has 1 saturated carbocycles. The van der Waals surface area contributed by atoms with Crippen LogP contribution >= 0.6 is 0 Å². The van der Waals surface area contributed by atoms with Crippen LogP contribution in [0.5, 0.6) is 0 Å². The minimum Gasteiger partial charge on any atom is -0.444 e. The summed E-state index contributed by atoms with van der Waals surface area (Å²) in [6.45, 7) is 6.71. The molecule has 2 aromatic heterocycles. The van der Waals surface area contributed by atoms with Gasteiger partial charge in [-0.05, 0) is 76.3 Å². The minimum absolute atomic E-state index is 0.108. The van der Waals surface area contributed by atoms with Gasteiger partial charge < -0.3 is 10.1 Å². The zero-order valence-corrected chi connectivity index (χ0v) is 26.8. The van der Waals surface area contributed by atoms with Crippen molar-refractivity contribution >= 4 is 33.7 Å². The lowest BCUT2D eigenvalue weighted by molar-refractivity contribution is -0.169. The van der Waals surface area contributed by atoms with E-state index >= 15 is 0 Å². The fourth-order valence-electron chi connectivity index (χ4n) is 5.73. The van der Waals surface area contributed by atoms with Crippen molar-refractivity contribution in [2.45, 2.75) is 94.5 Å². The third-order valence-electron chi connectivity index (χ3n) is 8.05. The Balaban J connectivity index is 1.46. The lowest BCUT2D eigenvalue weighted by atomic mass is 9.81. The maximum absolute atomic E-state index is 14.1. The largest absolute Gasteiger partial charge is 0.444 e. The Bertz CT molecular complexity index is 1810. The summed E-state index contributed by atoms with van der Waals surface area (Å²) >= 11 is 0. The molecule has 3 aromatic rings. The van der Waals surface area contributed by atoms with Crippen LogP contribution in [0, 0.1) is 12.8 Å². The van der Waals surface area contributed by atoms with Gasteiger partial charge in [0.1, 0.15) is 11.6 Å². The third kappa shape index (κ3) is 7.57. The van der Waals surface area contributed by atoms with Gasteiger partial charge in [-0.3, -0.25) is 4.79 Å². The molecule has 1 aromatic carbocycles. The number of nitrogens with one attached hydrogen (secondary N) is 1. The number of alkyl carbamates (subject to hydrolysis) is 1. The Hall–Kier alpha value is -4.08. The number of hydrogen-bond donors (Lipinski definition) is 1. The number of amides is 2. The molecule has 2 amide bonds. The van der Waals surface area contributed by atoms with Crippen molar-refractivity contribution in [2.24, 2.45) is 5.92 Å². The molecule has 47 heavy (non-hydrogen) atoms. The van der Waals surface area contributed by atoms with Crippen molar-refractivity contribution in [3.05, 3.63) is 65.1 Å². The van der Waals surface area contributed by atoms with Crippen LogP contribution in [-0.2, 0) is 19.6 Å². The fourth-order valence-corrected chi connectivity index (χ4v) is 7.31. The van der Waals surface area contributed by atoms with Crippen molar-refractivity contribution in [3.63, 3.8) is 0 Å². The number of halogens is 5. The molecule has 1 aliphatic heterocycles. The molecule has 2 fully saturated rings. The first kappa shape index (κ1) is 34.3. The molecule has 2 atom stereocenters. The summed E-state index contributed by atoms with van der Waals surface area (Å²) in [5.74, 6) is -4.52. The quantitative estimate of drug-likeness (QED) is 0.237. The molecule has 10 nitrogen and oxygen atoms in total. The van der Waals surface area contributed by atoms with E-state index in [2.05, 4.69) is 15.4 Å². The van der Waals surface area contributed by atoms with Crippen molar-refractivity contribution in [1.82, 2.24) is 24.2 Å². The highest BCUT2D eigenvalue weighted by Crippen LogP contribution is 2.42. The molecule has 5 rings (SSSR count). The second-order valence-electron chi connectivity index (χ2n) is 12.9. The lowest BCUT2D eigenvalue weighted by Gasteiger charge is -2.33. The highest BCUT2D eigenvalue weighted by molar-refractivity contribution is 7.89. The Morgan fingerprint density at radius 3 is 2.36 bits per heavy atom. The molecule has 2 aliphatic rings. The summed E-state index contributed by atoms with van der Waals surface area (Å²) in [7, 11) is -4.84. The average Bonchev–Trinajstić information content (AvgIpc) is 3.52. The molecular formula is C31H34F5N5O5S. The van der Waals surface area contributed by atoms with Gasteiger partial charge in [-0.25, -0.2) is 35.8 Å². The summed E-state index contributed by atoms with van der Waals surface area (Å²) in [5, 5.41) is 6.98. The smallest absolute Gasteiger partial charge is 0.410 e. The number of aryl methyl sites for hydroxylation is 1. The van der Waals surface area contributed by atoms with E-state index in [1.54, 1.807) is 27.7 Å². The van der Waals surface area contributed by atoms with Crippen LogP contribution in [0.25, 0.3) is 11.7 Å². The van der Waals surface area contributed by atoms with Crippen molar-refractivity contribution in [2.75, 3.05) is 0 Å². The maximum atomic E-state index is 14.1. The molecule has 1 aliphatic carbocycles. The first-order valence-corrected chi connectivity index (χ1v) is 16.3. The van der Waals surface area contributed by atoms with E-state index in [-0.39, 0.29) is 41.2 Å². The summed E-state index contributed by atoms with van der Waals surface area (Å²) in [6.07, 6.45) is -3.34. The van der Waals surface area contributed by atoms with Gasteiger partial charge in [0.2, 0.25) is 5.92 Å². The fraction of sp³-hybridized carbons (Fsp3) is 0.484. The number of rotatable bonds is 6. The summed E-state index contributed by atoms with van der Waals surface area (Å²) in [6, 6.07) is 3.14. The van der Waals surface area contributed by atoms with E-state index in [1.165, 1.54) is 35.1 Å². The van der Waals surface area contributed by atoms with Gasteiger partial charge >= 0.3 is 12.3 Å². The standard InChI is InChI=1S/C31H34F5N5O5S/c1-18-5-7-22(8-6-18)47(44,45)41-24(31(34,35)36)15-21(27(41)42)13-19-14-25-38-23(17-40(25)37-16-19)26(39-28(43)46-29(2,3)4)20-9-11-30(32,33)12-10-20/h5-8,13-14,16-17,20,24,26H,9-12,15H2,1-4H3,(H,39,43)/b21-13+/t24-,26-/m0/s1. The van der Waals surface area contributed by atoms with Crippen LogP contribution in [0.1, 0.15) is 75.7 Å². The van der Waals surface area contributed by atoms with Crippen LogP contribution in [-0.4, -0.2) is 63.1 Å². The Kier molecular flexibility index (Phi) is 8.88. The molecule has 0 bridgehead atoms. The normalized spacial score (nSPS) is 21.0. The van der Waals surface area contributed by atoms with Gasteiger partial charge in [-0.2, -0.15) is 18.3 Å². The number of sulfonamides is 1. The van der Waals surface area contributed by atoms with Gasteiger partial charge in [0, 0.05) is 24.8 Å². The number of fused-ring (bicyclic) bond motifs is 1. The number of carbonyl (C=O) groups is 2. The molecule has 16 heteroatoms. The first-order chi connectivity index (χ1) is 21.7. The van der Waals surface area contributed by atoms with E-state index in [4.69, 9.17) is 4.74 Å². The monoisotopic (exact) mass is 683 g/mol. The molecule has 0 unspecified atom stereocenters. The van der Waals surface area contributed by atoms with E-state index in [0.29, 0.717) is 11.3 Å². The molecule has 0 spiro atoms. The van der Waals surface area contributed by atoms with Crippen LogP contribution in [0.2, 0.25) is 0 Å². The molecule has 0 radical (unpaired) electrons. The van der Waals surface area contributed by atoms with Gasteiger partial charge in [0.05, 0.1) is 29.0 Å². The van der Waals surface area contributed by atoms with E-state index in [1.807, 2.05) is 0 Å². The topological polar surface area (TPSA) is 123 Å². The van der Waals surface area contributed by atoms with Crippen molar-refractivity contribution in [3.8, 4) is 0 Å². The first-order valence-electron chi connectivity index (χ1n) is 14.9. The molecule has 1 saturated heterocycles. The third-order valence-corrected chi connectivity index (χ3v) is 9.86. The molecule has 3 heterocycles. The number of imidazole rings is 1. The number of ether oxygens (including phenoxy) is 1. The number of nitrogens with zero attached hydrogens (tertiary/aromatic N) is 4. The number of alkyl halides is 5. The van der Waals surface area contributed by atoms with E-state index in [0.717, 1.165) is 18.2 Å². The van der Waals surface area contributed by atoms with Crippen LogP contribution < -0.4 is 5.32 Å². The predicted molar refractivity (Wildman–Crippen MR) is 160 cm³/mol. The predicted octanol–water partition coefficient (Wildman–Crippen LogP) is 6.36. The highest BCUT2D eigenvalue weighted by atomic mass is 32.2. The lowest BCUT2D eigenvalue weighted by Crippen LogP contribution is -2.46. The number of aromatic nitrogens is 3.